The van der Waals surface area contributed by atoms with Crippen LogP contribution in [0.2, 0.25) is 0 Å². The first kappa shape index (κ1) is 10.4. The van der Waals surface area contributed by atoms with Crippen molar-refractivity contribution in [3.05, 3.63) is 0 Å². The van der Waals surface area contributed by atoms with Crippen molar-refractivity contribution in [3.8, 4) is 0 Å². The highest BCUT2D eigenvalue weighted by Gasteiger charge is 2.27. The van der Waals surface area contributed by atoms with Crippen LogP contribution in [0.1, 0.15) is 32.6 Å². The third-order valence-corrected chi connectivity index (χ3v) is 3.82. The zero-order chi connectivity index (χ0) is 9.97. The van der Waals surface area contributed by atoms with Gasteiger partial charge in [-0.25, -0.2) is 0 Å². The van der Waals surface area contributed by atoms with Crippen LogP contribution >= 0.6 is 0 Å². The van der Waals surface area contributed by atoms with Crippen molar-refractivity contribution in [2.75, 3.05) is 26.2 Å². The van der Waals surface area contributed by atoms with Gasteiger partial charge >= 0.3 is 0 Å². The van der Waals surface area contributed by atoms with Crippen molar-refractivity contribution in [1.82, 2.24) is 4.90 Å². The number of hydrogen-bond acceptors (Lipinski definition) is 2. The van der Waals surface area contributed by atoms with Gasteiger partial charge in [-0.2, -0.15) is 0 Å². The quantitative estimate of drug-likeness (QED) is 0.745. The van der Waals surface area contributed by atoms with E-state index in [1.54, 1.807) is 0 Å². The molecule has 0 radical (unpaired) electrons. The Morgan fingerprint density at radius 2 is 2.00 bits per heavy atom. The molecule has 2 unspecified atom stereocenters. The second kappa shape index (κ2) is 4.63. The maximum Gasteiger partial charge on any atom is 0.0471 e. The van der Waals surface area contributed by atoms with E-state index in [4.69, 9.17) is 0 Å². The summed E-state index contributed by atoms with van der Waals surface area (Å²) in [7, 11) is 0. The van der Waals surface area contributed by atoms with Crippen LogP contribution < -0.4 is 0 Å². The molecular formula is C12H23NO. The third-order valence-electron chi connectivity index (χ3n) is 3.82. The number of nitrogens with zero attached hydrogens (tertiary/aromatic N) is 1. The SMILES string of the molecule is CC1CC(CO)CN(CC2CCC2)C1. The Morgan fingerprint density at radius 3 is 2.57 bits per heavy atom. The molecule has 0 spiro atoms. The van der Waals surface area contributed by atoms with Gasteiger partial charge in [0.25, 0.3) is 0 Å². The first-order valence-corrected chi connectivity index (χ1v) is 6.11. The van der Waals surface area contributed by atoms with Gasteiger partial charge in [0, 0.05) is 26.2 Å². The Kier molecular flexibility index (Phi) is 3.45. The molecule has 2 rings (SSSR count). The van der Waals surface area contributed by atoms with E-state index in [-0.39, 0.29) is 0 Å². The summed E-state index contributed by atoms with van der Waals surface area (Å²) < 4.78 is 0. The molecule has 2 heteroatoms. The van der Waals surface area contributed by atoms with E-state index in [1.165, 1.54) is 38.8 Å². The molecule has 0 aromatic carbocycles. The normalized spacial score (nSPS) is 35.6. The average molecular weight is 197 g/mol. The van der Waals surface area contributed by atoms with E-state index < -0.39 is 0 Å². The Balaban J connectivity index is 1.78. The van der Waals surface area contributed by atoms with Gasteiger partial charge < -0.3 is 10.0 Å². The molecule has 14 heavy (non-hydrogen) atoms. The summed E-state index contributed by atoms with van der Waals surface area (Å²) in [6.45, 7) is 6.38. The fourth-order valence-corrected chi connectivity index (χ4v) is 2.92. The van der Waals surface area contributed by atoms with Crippen molar-refractivity contribution < 1.29 is 5.11 Å². The van der Waals surface area contributed by atoms with E-state index in [9.17, 15) is 5.11 Å². The van der Waals surface area contributed by atoms with E-state index in [0.717, 1.165) is 18.4 Å². The number of piperidine rings is 1. The first-order chi connectivity index (χ1) is 6.78. The predicted molar refractivity (Wildman–Crippen MR) is 58.1 cm³/mol. The molecule has 2 fully saturated rings. The minimum atomic E-state index is 0.380. The molecular weight excluding hydrogens is 174 g/mol. The third kappa shape index (κ3) is 2.48. The summed E-state index contributed by atoms with van der Waals surface area (Å²) >= 11 is 0. The van der Waals surface area contributed by atoms with Crippen molar-refractivity contribution in [3.63, 3.8) is 0 Å². The predicted octanol–water partition coefficient (Wildman–Crippen LogP) is 1.74. The molecule has 2 aliphatic rings. The van der Waals surface area contributed by atoms with Gasteiger partial charge in [-0.1, -0.05) is 13.3 Å². The van der Waals surface area contributed by atoms with Crippen LogP contribution in [0.3, 0.4) is 0 Å². The second-order valence-electron chi connectivity index (χ2n) is 5.40. The molecule has 0 bridgehead atoms. The number of aliphatic hydroxyl groups is 1. The Labute approximate surface area is 87.3 Å². The van der Waals surface area contributed by atoms with Crippen LogP contribution in [0.4, 0.5) is 0 Å². The lowest BCUT2D eigenvalue weighted by Gasteiger charge is -2.39. The zero-order valence-corrected chi connectivity index (χ0v) is 9.28. The Morgan fingerprint density at radius 1 is 1.21 bits per heavy atom. The molecule has 1 saturated carbocycles. The largest absolute Gasteiger partial charge is 0.396 e. The average Bonchev–Trinajstić information content (AvgIpc) is 2.10. The van der Waals surface area contributed by atoms with Gasteiger partial charge in [-0.3, -0.25) is 0 Å². The van der Waals surface area contributed by atoms with Gasteiger partial charge in [0.15, 0.2) is 0 Å². The number of aliphatic hydroxyl groups excluding tert-OH is 1. The summed E-state index contributed by atoms with van der Waals surface area (Å²) in [5, 5.41) is 9.21. The Hall–Kier alpha value is -0.0800. The van der Waals surface area contributed by atoms with Gasteiger partial charge in [-0.05, 0) is 37.0 Å². The first-order valence-electron chi connectivity index (χ1n) is 6.11. The topological polar surface area (TPSA) is 23.5 Å². The molecule has 1 saturated heterocycles. The summed E-state index contributed by atoms with van der Waals surface area (Å²) in [6, 6.07) is 0. The standard InChI is InChI=1S/C12H23NO/c1-10-5-12(9-14)8-13(6-10)7-11-3-2-4-11/h10-12,14H,2-9H2,1H3. The lowest BCUT2D eigenvalue weighted by molar-refractivity contribution is 0.0672. The van der Waals surface area contributed by atoms with Gasteiger partial charge in [0.1, 0.15) is 0 Å². The summed E-state index contributed by atoms with van der Waals surface area (Å²) in [5.41, 5.74) is 0. The summed E-state index contributed by atoms with van der Waals surface area (Å²) in [4.78, 5) is 2.58. The number of hydrogen-bond donors (Lipinski definition) is 1. The summed E-state index contributed by atoms with van der Waals surface area (Å²) in [6.07, 6.45) is 5.54. The molecule has 82 valence electrons. The van der Waals surface area contributed by atoms with Crippen molar-refractivity contribution in [2.24, 2.45) is 17.8 Å². The molecule has 0 aromatic heterocycles. The molecule has 2 nitrogen and oxygen atoms in total. The van der Waals surface area contributed by atoms with Crippen LogP contribution in [-0.2, 0) is 0 Å². The molecule has 2 atom stereocenters. The molecule has 1 N–H and O–H groups in total. The van der Waals surface area contributed by atoms with Crippen molar-refractivity contribution in [1.29, 1.82) is 0 Å². The number of likely N-dealkylation sites (tertiary alicyclic amines) is 1. The minimum absolute atomic E-state index is 0.380. The van der Waals surface area contributed by atoms with E-state index >= 15 is 0 Å². The van der Waals surface area contributed by atoms with Gasteiger partial charge in [0.05, 0.1) is 0 Å². The fourth-order valence-electron chi connectivity index (χ4n) is 2.92. The monoisotopic (exact) mass is 197 g/mol. The van der Waals surface area contributed by atoms with Gasteiger partial charge in [0.2, 0.25) is 0 Å². The Bertz CT molecular complexity index is 177. The zero-order valence-electron chi connectivity index (χ0n) is 9.28. The lowest BCUT2D eigenvalue weighted by Crippen LogP contribution is -2.44. The fraction of sp³-hybridized carbons (Fsp3) is 1.00. The van der Waals surface area contributed by atoms with Crippen LogP contribution in [-0.4, -0.2) is 36.2 Å². The van der Waals surface area contributed by atoms with Crippen LogP contribution in [0.5, 0.6) is 0 Å². The maximum atomic E-state index is 9.21. The molecule has 0 amide bonds. The lowest BCUT2D eigenvalue weighted by atomic mass is 9.83. The van der Waals surface area contributed by atoms with E-state index in [1.807, 2.05) is 0 Å². The highest BCUT2D eigenvalue weighted by atomic mass is 16.3. The van der Waals surface area contributed by atoms with E-state index in [0.29, 0.717) is 12.5 Å². The smallest absolute Gasteiger partial charge is 0.0471 e. The molecule has 1 aliphatic carbocycles. The molecule has 1 heterocycles. The van der Waals surface area contributed by atoms with Crippen molar-refractivity contribution in [2.45, 2.75) is 32.6 Å². The van der Waals surface area contributed by atoms with Crippen LogP contribution in [0.15, 0.2) is 0 Å². The molecule has 1 aliphatic heterocycles. The van der Waals surface area contributed by atoms with Gasteiger partial charge in [-0.15, -0.1) is 0 Å². The van der Waals surface area contributed by atoms with Crippen LogP contribution in [0.25, 0.3) is 0 Å². The number of rotatable bonds is 3. The minimum Gasteiger partial charge on any atom is -0.396 e. The van der Waals surface area contributed by atoms with E-state index in [2.05, 4.69) is 11.8 Å². The highest BCUT2D eigenvalue weighted by molar-refractivity contribution is 4.80. The van der Waals surface area contributed by atoms with Crippen LogP contribution in [0, 0.1) is 17.8 Å². The highest BCUT2D eigenvalue weighted by Crippen LogP contribution is 2.29. The summed E-state index contributed by atoms with van der Waals surface area (Å²) in [5.74, 6) is 2.29. The second-order valence-corrected chi connectivity index (χ2v) is 5.40. The van der Waals surface area contributed by atoms with Crippen molar-refractivity contribution >= 4 is 0 Å². The maximum absolute atomic E-state index is 9.21. The molecule has 0 aromatic rings.